The Morgan fingerprint density at radius 2 is 2.30 bits per heavy atom. The molecule has 0 aromatic carbocycles. The minimum atomic E-state index is -0.380. The number of nitrogens with one attached hydrogen (secondary N) is 1. The maximum atomic E-state index is 11.8. The topological polar surface area (TPSA) is 67.8 Å². The highest BCUT2D eigenvalue weighted by molar-refractivity contribution is 5.91. The van der Waals surface area contributed by atoms with Crippen molar-refractivity contribution >= 4 is 5.91 Å². The van der Waals surface area contributed by atoms with Gasteiger partial charge < -0.3 is 19.9 Å². The summed E-state index contributed by atoms with van der Waals surface area (Å²) in [5.41, 5.74) is 0. The van der Waals surface area contributed by atoms with Gasteiger partial charge in [0.05, 0.1) is 0 Å². The van der Waals surface area contributed by atoms with Crippen molar-refractivity contribution < 1.29 is 19.4 Å². The minimum absolute atomic E-state index is 0.179. The number of ether oxygens (including phenoxy) is 2. The molecule has 0 radical (unpaired) electrons. The van der Waals surface area contributed by atoms with Crippen LogP contribution in [0.2, 0.25) is 0 Å². The van der Waals surface area contributed by atoms with Crippen molar-refractivity contribution in [1.82, 2.24) is 5.32 Å². The number of carbonyl (C=O) groups is 1. The summed E-state index contributed by atoms with van der Waals surface area (Å²) in [5.74, 6) is 1.36. The summed E-state index contributed by atoms with van der Waals surface area (Å²) in [5, 5.41) is 11.7. The zero-order valence-electron chi connectivity index (χ0n) is 12.3. The van der Waals surface area contributed by atoms with Crippen LogP contribution in [-0.4, -0.2) is 37.6 Å². The molecule has 2 rings (SSSR count). The predicted molar refractivity (Wildman–Crippen MR) is 74.7 cm³/mol. The Morgan fingerprint density at radius 1 is 1.55 bits per heavy atom. The molecule has 2 N–H and O–H groups in total. The first-order valence-electron chi connectivity index (χ1n) is 7.54. The van der Waals surface area contributed by atoms with E-state index in [1.165, 1.54) is 12.8 Å². The highest BCUT2D eigenvalue weighted by atomic mass is 16.7. The highest BCUT2D eigenvalue weighted by Crippen LogP contribution is 2.47. The molecule has 1 amide bonds. The summed E-state index contributed by atoms with van der Waals surface area (Å²) in [7, 11) is 1.60. The molecule has 0 aromatic heterocycles. The molecule has 1 aliphatic heterocycles. The second kappa shape index (κ2) is 7.09. The Hall–Kier alpha value is -1.07. The number of carbonyl (C=O) groups excluding carboxylic acids is 1. The van der Waals surface area contributed by atoms with Crippen molar-refractivity contribution in [2.24, 2.45) is 17.8 Å². The van der Waals surface area contributed by atoms with Crippen molar-refractivity contribution in [3.05, 3.63) is 11.8 Å². The fraction of sp³-hybridized carbons (Fsp3) is 0.800. The average Bonchev–Trinajstić information content (AvgIpc) is 3.29. The number of likely N-dealkylation sites (N-methyl/N-ethyl adjacent to an activating group) is 1. The Labute approximate surface area is 120 Å². The predicted octanol–water partition coefficient (Wildman–Crippen LogP) is 1.42. The molecule has 1 aliphatic carbocycles. The van der Waals surface area contributed by atoms with Crippen LogP contribution in [0.3, 0.4) is 0 Å². The van der Waals surface area contributed by atoms with Crippen LogP contribution in [-0.2, 0) is 14.3 Å². The van der Waals surface area contributed by atoms with E-state index in [0.717, 1.165) is 12.8 Å². The molecule has 1 saturated carbocycles. The molecule has 0 unspecified atom stereocenters. The maximum absolute atomic E-state index is 11.8. The van der Waals surface area contributed by atoms with Gasteiger partial charge in [0.25, 0.3) is 5.91 Å². The number of aliphatic hydroxyl groups excluding tert-OH is 1. The number of allylic oxidation sites excluding steroid dienone is 1. The van der Waals surface area contributed by atoms with Crippen LogP contribution in [0.15, 0.2) is 11.8 Å². The monoisotopic (exact) mass is 283 g/mol. The molecule has 0 aromatic rings. The van der Waals surface area contributed by atoms with E-state index in [-0.39, 0.29) is 24.7 Å². The molecule has 0 saturated heterocycles. The van der Waals surface area contributed by atoms with E-state index in [1.807, 2.05) is 13.0 Å². The van der Waals surface area contributed by atoms with Gasteiger partial charge >= 0.3 is 0 Å². The Bertz CT molecular complexity index is 365. The van der Waals surface area contributed by atoms with Gasteiger partial charge in [-0.2, -0.15) is 0 Å². The quantitative estimate of drug-likeness (QED) is 0.741. The van der Waals surface area contributed by atoms with E-state index in [4.69, 9.17) is 14.6 Å². The van der Waals surface area contributed by atoms with Crippen molar-refractivity contribution in [2.75, 3.05) is 20.3 Å². The minimum Gasteiger partial charge on any atom is -0.459 e. The largest absolute Gasteiger partial charge is 0.459 e. The molecule has 114 valence electrons. The summed E-state index contributed by atoms with van der Waals surface area (Å²) < 4.78 is 11.4. The second-order valence-corrected chi connectivity index (χ2v) is 5.50. The van der Waals surface area contributed by atoms with Crippen LogP contribution >= 0.6 is 0 Å². The van der Waals surface area contributed by atoms with E-state index in [0.29, 0.717) is 24.2 Å². The van der Waals surface area contributed by atoms with E-state index >= 15 is 0 Å². The average molecular weight is 283 g/mol. The first-order valence-corrected chi connectivity index (χ1v) is 7.54. The Morgan fingerprint density at radius 3 is 2.85 bits per heavy atom. The van der Waals surface area contributed by atoms with Gasteiger partial charge in [-0.25, -0.2) is 0 Å². The van der Waals surface area contributed by atoms with Gasteiger partial charge in [-0.15, -0.1) is 0 Å². The fourth-order valence-corrected chi connectivity index (χ4v) is 2.93. The lowest BCUT2D eigenvalue weighted by Crippen LogP contribution is -2.39. The van der Waals surface area contributed by atoms with Gasteiger partial charge in [0.1, 0.15) is 0 Å². The van der Waals surface area contributed by atoms with Crippen LogP contribution in [0.1, 0.15) is 32.6 Å². The number of hydrogen-bond donors (Lipinski definition) is 2. The molecule has 5 nitrogen and oxygen atoms in total. The Kier molecular flexibility index (Phi) is 5.43. The van der Waals surface area contributed by atoms with Crippen molar-refractivity contribution in [1.29, 1.82) is 0 Å². The molecule has 1 fully saturated rings. The zero-order valence-corrected chi connectivity index (χ0v) is 12.3. The molecule has 5 heteroatoms. The molecular formula is C15H25NO4. The summed E-state index contributed by atoms with van der Waals surface area (Å²) >= 11 is 0. The first-order chi connectivity index (χ1) is 9.71. The highest BCUT2D eigenvalue weighted by Gasteiger charge is 2.43. The van der Waals surface area contributed by atoms with Gasteiger partial charge in [0, 0.05) is 26.2 Å². The van der Waals surface area contributed by atoms with E-state index < -0.39 is 0 Å². The summed E-state index contributed by atoms with van der Waals surface area (Å²) in [6.45, 7) is 2.66. The van der Waals surface area contributed by atoms with Crippen LogP contribution in [0, 0.1) is 17.8 Å². The first kappa shape index (κ1) is 15.3. The van der Waals surface area contributed by atoms with Crippen LogP contribution < -0.4 is 5.32 Å². The van der Waals surface area contributed by atoms with Crippen LogP contribution in [0.25, 0.3) is 0 Å². The van der Waals surface area contributed by atoms with Crippen molar-refractivity contribution in [3.8, 4) is 0 Å². The third-order valence-electron chi connectivity index (χ3n) is 4.07. The van der Waals surface area contributed by atoms with Gasteiger partial charge in [0.15, 0.2) is 5.76 Å². The SMILES string of the molecule is CCO[C@H]1OC(C(=O)NC)=C[C@@H](C2CC2)[C@@H]1CCCO. The molecule has 20 heavy (non-hydrogen) atoms. The molecule has 2 aliphatic rings. The van der Waals surface area contributed by atoms with Crippen molar-refractivity contribution in [2.45, 2.75) is 38.9 Å². The number of amides is 1. The van der Waals surface area contributed by atoms with Crippen LogP contribution in [0.4, 0.5) is 0 Å². The lowest BCUT2D eigenvalue weighted by Gasteiger charge is -2.36. The summed E-state index contributed by atoms with van der Waals surface area (Å²) in [6, 6.07) is 0. The molecule has 1 heterocycles. The molecule has 0 spiro atoms. The van der Waals surface area contributed by atoms with Gasteiger partial charge in [-0.3, -0.25) is 4.79 Å². The zero-order chi connectivity index (χ0) is 14.5. The molecule has 0 bridgehead atoms. The lowest BCUT2D eigenvalue weighted by molar-refractivity contribution is -0.173. The second-order valence-electron chi connectivity index (χ2n) is 5.50. The van der Waals surface area contributed by atoms with Crippen LogP contribution in [0.5, 0.6) is 0 Å². The smallest absolute Gasteiger partial charge is 0.285 e. The van der Waals surface area contributed by atoms with Gasteiger partial charge in [-0.05, 0) is 50.5 Å². The fourth-order valence-electron chi connectivity index (χ4n) is 2.93. The number of hydrogen-bond acceptors (Lipinski definition) is 4. The third kappa shape index (κ3) is 3.52. The van der Waals surface area contributed by atoms with Gasteiger partial charge in [0.2, 0.25) is 6.29 Å². The summed E-state index contributed by atoms with van der Waals surface area (Å²) in [4.78, 5) is 11.8. The maximum Gasteiger partial charge on any atom is 0.285 e. The van der Waals surface area contributed by atoms with E-state index in [9.17, 15) is 4.79 Å². The van der Waals surface area contributed by atoms with Crippen molar-refractivity contribution in [3.63, 3.8) is 0 Å². The standard InChI is InChI=1S/C15H25NO4/c1-3-19-15-11(5-4-8-17)12(10-6-7-10)9-13(20-15)14(18)16-2/h9-12,15,17H,3-8H2,1-2H3,(H,16,18)/t11-,12-,15-/m0/s1. The number of aliphatic hydroxyl groups is 1. The van der Waals surface area contributed by atoms with E-state index in [1.54, 1.807) is 7.05 Å². The van der Waals surface area contributed by atoms with Gasteiger partial charge in [-0.1, -0.05) is 0 Å². The third-order valence-corrected chi connectivity index (χ3v) is 4.07. The molecule has 3 atom stereocenters. The Balaban J connectivity index is 2.17. The molecular weight excluding hydrogens is 258 g/mol. The lowest BCUT2D eigenvalue weighted by atomic mass is 9.82. The number of rotatable bonds is 7. The summed E-state index contributed by atoms with van der Waals surface area (Å²) in [6.07, 6.45) is 5.60. The van der Waals surface area contributed by atoms with E-state index in [2.05, 4.69) is 5.32 Å². The normalized spacial score (nSPS) is 29.6.